The van der Waals surface area contributed by atoms with Gasteiger partial charge >= 0.3 is 11.3 Å². The molecule has 1 N–H and O–H groups in total. The SMILES string of the molecule is [C-]#[N+]C1(N2OC3CC2C(S)C3O)CCCCC1.[C-]#[N+]C1(N2OC3CC2C2SC32)CCCCC1. The monoisotopic (exact) mass is 490 g/mol. The third-order valence-electron chi connectivity index (χ3n) is 9.03. The van der Waals surface area contributed by atoms with E-state index in [-0.39, 0.29) is 23.1 Å². The molecule has 0 amide bonds. The maximum atomic E-state index is 9.86. The maximum absolute atomic E-state index is 9.86. The van der Waals surface area contributed by atoms with Gasteiger partial charge in [-0.3, -0.25) is 19.4 Å². The van der Waals surface area contributed by atoms with E-state index in [1.165, 1.54) is 32.1 Å². The van der Waals surface area contributed by atoms with Crippen molar-refractivity contribution in [2.75, 3.05) is 0 Å². The first kappa shape index (κ1) is 22.9. The van der Waals surface area contributed by atoms with Gasteiger partial charge in [-0.15, -0.1) is 21.9 Å². The second-order valence-electron chi connectivity index (χ2n) is 10.9. The van der Waals surface area contributed by atoms with Crippen LogP contribution in [0.1, 0.15) is 77.0 Å². The van der Waals surface area contributed by atoms with Gasteiger partial charge in [-0.05, 0) is 38.5 Å². The third-order valence-corrected chi connectivity index (χ3v) is 11.2. The van der Waals surface area contributed by atoms with Gasteiger partial charge in [0.1, 0.15) is 6.10 Å². The van der Waals surface area contributed by atoms with Crippen molar-refractivity contribution >= 4 is 24.4 Å². The molecule has 9 heteroatoms. The van der Waals surface area contributed by atoms with Gasteiger partial charge in [-0.25, -0.2) is 13.1 Å². The first-order chi connectivity index (χ1) is 16.0. The highest BCUT2D eigenvalue weighted by Gasteiger charge is 2.68. The van der Waals surface area contributed by atoms with Crippen LogP contribution in [0, 0.1) is 13.1 Å². The van der Waals surface area contributed by atoms with E-state index in [0.29, 0.717) is 12.1 Å². The molecular formula is C24H34N4O3S2. The number of nitrogens with zero attached hydrogens (tertiary/aromatic N) is 4. The number of hydrogen-bond donors (Lipinski definition) is 2. The molecule has 180 valence electrons. The molecule has 0 aromatic heterocycles. The van der Waals surface area contributed by atoms with Gasteiger partial charge in [0.05, 0.1) is 24.3 Å². The zero-order chi connectivity index (χ0) is 22.8. The number of thioether (sulfide) groups is 1. The minimum Gasteiger partial charge on any atom is -0.389 e. The van der Waals surface area contributed by atoms with Crippen molar-refractivity contribution in [3.8, 4) is 0 Å². The normalized spacial score (nSPS) is 46.7. The van der Waals surface area contributed by atoms with E-state index >= 15 is 0 Å². The zero-order valence-electron chi connectivity index (χ0n) is 19.0. The average Bonchev–Trinajstić information content (AvgIpc) is 3.15. The van der Waals surface area contributed by atoms with Crippen molar-refractivity contribution in [2.45, 2.75) is 135 Å². The summed E-state index contributed by atoms with van der Waals surface area (Å²) in [5, 5.41) is 15.4. The maximum Gasteiger partial charge on any atom is 0.309 e. The Bertz CT molecular complexity index is 848. The summed E-state index contributed by atoms with van der Waals surface area (Å²) in [6, 6.07) is 0.651. The van der Waals surface area contributed by atoms with Gasteiger partial charge in [-0.1, -0.05) is 12.8 Å². The van der Waals surface area contributed by atoms with Crippen LogP contribution in [0.25, 0.3) is 9.69 Å². The van der Waals surface area contributed by atoms with Crippen molar-refractivity contribution in [1.82, 2.24) is 10.1 Å². The van der Waals surface area contributed by atoms with Gasteiger partial charge in [-0.2, -0.15) is 12.6 Å². The number of aliphatic hydroxyl groups is 1. The van der Waals surface area contributed by atoms with Gasteiger partial charge in [0.15, 0.2) is 0 Å². The summed E-state index contributed by atoms with van der Waals surface area (Å²) in [5.74, 6) is 0. The van der Waals surface area contributed by atoms with Crippen LogP contribution in [0.15, 0.2) is 0 Å². The molecular weight excluding hydrogens is 456 g/mol. The molecule has 7 nitrogen and oxygen atoms in total. The summed E-state index contributed by atoms with van der Waals surface area (Å²) in [6.45, 7) is 15.1. The van der Waals surface area contributed by atoms with Gasteiger partial charge in [0.2, 0.25) is 0 Å². The predicted molar refractivity (Wildman–Crippen MR) is 129 cm³/mol. The van der Waals surface area contributed by atoms with Gasteiger partial charge in [0.25, 0.3) is 0 Å². The van der Waals surface area contributed by atoms with Crippen LogP contribution < -0.4 is 0 Å². The predicted octanol–water partition coefficient (Wildman–Crippen LogP) is 4.05. The van der Waals surface area contributed by atoms with Crippen LogP contribution in [0.4, 0.5) is 0 Å². The molecule has 4 saturated carbocycles. The Hall–Kier alpha value is -0.520. The quantitative estimate of drug-likeness (QED) is 0.346. The Balaban J connectivity index is 0.000000125. The Morgan fingerprint density at radius 1 is 0.788 bits per heavy atom. The van der Waals surface area contributed by atoms with Crippen molar-refractivity contribution in [2.24, 2.45) is 0 Å². The van der Waals surface area contributed by atoms with Crippen molar-refractivity contribution in [1.29, 1.82) is 0 Å². The summed E-state index contributed by atoms with van der Waals surface area (Å²) in [5.41, 5.74) is -0.787. The molecule has 8 atom stereocenters. The van der Waals surface area contributed by atoms with E-state index in [0.717, 1.165) is 55.4 Å². The fourth-order valence-electron chi connectivity index (χ4n) is 7.15. The summed E-state index contributed by atoms with van der Waals surface area (Å²) in [6.07, 6.45) is 12.7. The fourth-order valence-corrected chi connectivity index (χ4v) is 8.95. The number of aliphatic hydroxyl groups excluding tert-OH is 1. The van der Waals surface area contributed by atoms with Gasteiger partial charge < -0.3 is 5.11 Å². The molecule has 3 saturated heterocycles. The molecule has 0 aromatic rings. The van der Waals surface area contributed by atoms with Crippen molar-refractivity contribution < 1.29 is 14.8 Å². The Labute approximate surface area is 206 Å². The molecule has 33 heavy (non-hydrogen) atoms. The molecule has 0 spiro atoms. The molecule has 8 unspecified atom stereocenters. The highest BCUT2D eigenvalue weighted by atomic mass is 32.2. The van der Waals surface area contributed by atoms with E-state index in [1.54, 1.807) is 0 Å². The van der Waals surface area contributed by atoms with E-state index in [9.17, 15) is 5.11 Å². The van der Waals surface area contributed by atoms with Crippen LogP contribution >= 0.6 is 24.4 Å². The Kier molecular flexibility index (Phi) is 5.94. The largest absolute Gasteiger partial charge is 0.389 e. The number of hydrogen-bond acceptors (Lipinski definition) is 7. The molecule has 0 radical (unpaired) electrons. The number of thiol groups is 1. The summed E-state index contributed by atoms with van der Waals surface area (Å²) >= 11 is 6.54. The van der Waals surface area contributed by atoms with Crippen LogP contribution in [-0.4, -0.2) is 72.7 Å². The third kappa shape index (κ3) is 3.57. The highest BCUT2D eigenvalue weighted by molar-refractivity contribution is 8.08. The molecule has 0 aromatic carbocycles. The molecule has 7 fully saturated rings. The summed E-state index contributed by atoms with van der Waals surface area (Å²) in [4.78, 5) is 19.7. The molecule has 7 rings (SSSR count). The molecule has 3 aliphatic heterocycles. The number of hydroxylamine groups is 4. The van der Waals surface area contributed by atoms with E-state index in [4.69, 9.17) is 22.8 Å². The lowest BCUT2D eigenvalue weighted by molar-refractivity contribution is -0.257. The highest BCUT2D eigenvalue weighted by Crippen LogP contribution is 2.61. The summed E-state index contributed by atoms with van der Waals surface area (Å²) in [7, 11) is 0. The second kappa shape index (κ2) is 8.55. The lowest BCUT2D eigenvalue weighted by Gasteiger charge is -2.40. The van der Waals surface area contributed by atoms with Gasteiger partial charge in [0, 0.05) is 41.4 Å². The molecule has 7 aliphatic rings. The van der Waals surface area contributed by atoms with Crippen LogP contribution in [0.5, 0.6) is 0 Å². The first-order valence-corrected chi connectivity index (χ1v) is 14.2. The van der Waals surface area contributed by atoms with E-state index in [1.807, 2.05) is 5.06 Å². The lowest BCUT2D eigenvalue weighted by atomic mass is 9.88. The van der Waals surface area contributed by atoms with E-state index in [2.05, 4.69) is 39.1 Å². The first-order valence-electron chi connectivity index (χ1n) is 12.7. The van der Waals surface area contributed by atoms with Crippen LogP contribution in [0.3, 0.4) is 0 Å². The fraction of sp³-hybridized carbons (Fsp3) is 0.917. The minimum absolute atomic E-state index is 0.0747. The number of rotatable bonds is 2. The topological polar surface area (TPSA) is 53.9 Å². The smallest absolute Gasteiger partial charge is 0.309 e. The van der Waals surface area contributed by atoms with Crippen LogP contribution in [-0.2, 0) is 9.68 Å². The lowest BCUT2D eigenvalue weighted by Crippen LogP contribution is -2.56. The Morgan fingerprint density at radius 3 is 1.76 bits per heavy atom. The average molecular weight is 491 g/mol. The zero-order valence-corrected chi connectivity index (χ0v) is 20.7. The minimum atomic E-state index is -0.487. The molecule has 3 heterocycles. The van der Waals surface area contributed by atoms with E-state index < -0.39 is 11.8 Å². The van der Waals surface area contributed by atoms with Crippen molar-refractivity contribution in [3.05, 3.63) is 22.8 Å². The standard InChI is InChI=1S/C12H18N2O2S.C12H16N2OS/c1-13-12(5-3-2-4-6-12)14-8-7-9(16-14)10(15)11(8)17;1-13-12(5-3-2-4-6-12)14-8-7-9(15-14)11-10(8)16-11/h8-11,15,17H,2-7H2;8-11H,2-7H2. The summed E-state index contributed by atoms with van der Waals surface area (Å²) < 4.78 is 0. The second-order valence-corrected chi connectivity index (χ2v) is 12.9. The molecule has 4 aliphatic carbocycles. The van der Waals surface area contributed by atoms with Crippen molar-refractivity contribution in [3.63, 3.8) is 0 Å². The Morgan fingerprint density at radius 2 is 1.30 bits per heavy atom. The molecule has 4 bridgehead atoms. The number of fused-ring (bicyclic) bond motifs is 7. The van der Waals surface area contributed by atoms with Crippen LogP contribution in [0.2, 0.25) is 0 Å².